The van der Waals surface area contributed by atoms with E-state index in [4.69, 9.17) is 11.3 Å². The summed E-state index contributed by atoms with van der Waals surface area (Å²) in [6, 6.07) is 3.79. The standard InChI is InChI=1S/C16H22N4O/c1-17-13-2-3-16(19-12-13)20-10-6-15(7-11-20)21-14-4-8-18-9-5-14/h2-3,12,14-15,18H,4-11H2. The first-order valence-electron chi connectivity index (χ1n) is 7.80. The van der Waals surface area contributed by atoms with E-state index in [1.165, 1.54) is 0 Å². The molecule has 1 aromatic heterocycles. The maximum absolute atomic E-state index is 6.96. The highest BCUT2D eigenvalue weighted by atomic mass is 16.5. The molecule has 0 unspecified atom stereocenters. The van der Waals surface area contributed by atoms with Gasteiger partial charge in [-0.2, -0.15) is 0 Å². The molecule has 0 aliphatic carbocycles. The van der Waals surface area contributed by atoms with Crippen LogP contribution in [-0.4, -0.2) is 43.4 Å². The Morgan fingerprint density at radius 2 is 1.86 bits per heavy atom. The average molecular weight is 286 g/mol. The van der Waals surface area contributed by atoms with Crippen molar-refractivity contribution in [2.75, 3.05) is 31.1 Å². The van der Waals surface area contributed by atoms with Gasteiger partial charge in [-0.25, -0.2) is 4.85 Å². The van der Waals surface area contributed by atoms with Gasteiger partial charge in [0.05, 0.1) is 18.8 Å². The fraction of sp³-hybridized carbons (Fsp3) is 0.625. The Bertz CT molecular complexity index is 482. The third-order valence-electron chi connectivity index (χ3n) is 4.30. The number of pyridine rings is 1. The maximum atomic E-state index is 6.96. The SMILES string of the molecule is [C-]#[N+]c1ccc(N2CCC(OC3CCNCC3)CC2)nc1. The Hall–Kier alpha value is -1.64. The van der Waals surface area contributed by atoms with E-state index in [9.17, 15) is 0 Å². The third kappa shape index (κ3) is 3.72. The van der Waals surface area contributed by atoms with E-state index in [0.717, 1.165) is 57.7 Å². The fourth-order valence-electron chi connectivity index (χ4n) is 3.06. The summed E-state index contributed by atoms with van der Waals surface area (Å²) < 4.78 is 6.23. The van der Waals surface area contributed by atoms with Crippen LogP contribution in [0.1, 0.15) is 25.7 Å². The number of hydrogen-bond donors (Lipinski definition) is 1. The van der Waals surface area contributed by atoms with Crippen molar-refractivity contribution >= 4 is 11.5 Å². The molecule has 3 heterocycles. The average Bonchev–Trinajstić information content (AvgIpc) is 2.57. The smallest absolute Gasteiger partial charge is 0.205 e. The monoisotopic (exact) mass is 286 g/mol. The first-order valence-corrected chi connectivity index (χ1v) is 7.80. The normalized spacial score (nSPS) is 21.2. The molecule has 21 heavy (non-hydrogen) atoms. The molecule has 5 nitrogen and oxygen atoms in total. The molecule has 1 N–H and O–H groups in total. The zero-order chi connectivity index (χ0) is 14.5. The molecule has 2 aliphatic heterocycles. The number of piperidine rings is 2. The summed E-state index contributed by atoms with van der Waals surface area (Å²) >= 11 is 0. The quantitative estimate of drug-likeness (QED) is 0.866. The number of aromatic nitrogens is 1. The molecule has 0 amide bonds. The van der Waals surface area contributed by atoms with Gasteiger partial charge in [0.1, 0.15) is 5.82 Å². The Balaban J connectivity index is 1.49. The van der Waals surface area contributed by atoms with Crippen LogP contribution in [0.4, 0.5) is 11.5 Å². The lowest BCUT2D eigenvalue weighted by Gasteiger charge is -2.35. The van der Waals surface area contributed by atoms with Crippen LogP contribution in [0.2, 0.25) is 0 Å². The van der Waals surface area contributed by atoms with Gasteiger partial charge in [0.25, 0.3) is 0 Å². The van der Waals surface area contributed by atoms with E-state index in [1.54, 1.807) is 6.20 Å². The highest BCUT2D eigenvalue weighted by Crippen LogP contribution is 2.23. The lowest BCUT2D eigenvalue weighted by Crippen LogP contribution is -2.41. The van der Waals surface area contributed by atoms with E-state index in [1.807, 2.05) is 12.1 Å². The Morgan fingerprint density at radius 1 is 1.14 bits per heavy atom. The van der Waals surface area contributed by atoms with Crippen molar-refractivity contribution in [2.45, 2.75) is 37.9 Å². The molecular formula is C16H22N4O. The van der Waals surface area contributed by atoms with Crippen LogP contribution in [0.3, 0.4) is 0 Å². The molecule has 0 saturated carbocycles. The molecule has 5 heteroatoms. The van der Waals surface area contributed by atoms with Gasteiger partial charge in [0, 0.05) is 19.3 Å². The van der Waals surface area contributed by atoms with Crippen LogP contribution in [0.15, 0.2) is 18.3 Å². The number of nitrogens with one attached hydrogen (secondary N) is 1. The highest BCUT2D eigenvalue weighted by Gasteiger charge is 2.24. The van der Waals surface area contributed by atoms with E-state index < -0.39 is 0 Å². The van der Waals surface area contributed by atoms with Crippen molar-refractivity contribution in [1.82, 2.24) is 10.3 Å². The van der Waals surface area contributed by atoms with E-state index >= 15 is 0 Å². The highest BCUT2D eigenvalue weighted by molar-refractivity contribution is 5.49. The molecule has 0 radical (unpaired) electrons. The van der Waals surface area contributed by atoms with E-state index in [2.05, 4.69) is 20.0 Å². The molecule has 0 aromatic carbocycles. The molecule has 2 fully saturated rings. The van der Waals surface area contributed by atoms with Crippen LogP contribution in [-0.2, 0) is 4.74 Å². The predicted molar refractivity (Wildman–Crippen MR) is 82.7 cm³/mol. The number of hydrogen-bond acceptors (Lipinski definition) is 4. The van der Waals surface area contributed by atoms with Gasteiger partial charge < -0.3 is 15.0 Å². The van der Waals surface area contributed by atoms with Crippen LogP contribution >= 0.6 is 0 Å². The van der Waals surface area contributed by atoms with Crippen molar-refractivity contribution in [3.63, 3.8) is 0 Å². The number of nitrogens with zero attached hydrogens (tertiary/aromatic N) is 3. The number of rotatable bonds is 3. The third-order valence-corrected chi connectivity index (χ3v) is 4.30. The molecule has 1 aromatic rings. The van der Waals surface area contributed by atoms with Gasteiger partial charge in [-0.05, 0) is 44.8 Å². The Kier molecular flexibility index (Phi) is 4.69. The molecule has 2 saturated heterocycles. The molecular weight excluding hydrogens is 264 g/mol. The van der Waals surface area contributed by atoms with Crippen LogP contribution in [0.25, 0.3) is 4.85 Å². The summed E-state index contributed by atoms with van der Waals surface area (Å²) in [5.41, 5.74) is 0.600. The molecule has 112 valence electrons. The van der Waals surface area contributed by atoms with E-state index in [0.29, 0.717) is 17.9 Å². The minimum absolute atomic E-state index is 0.395. The van der Waals surface area contributed by atoms with Crippen molar-refractivity contribution < 1.29 is 4.74 Å². The topological polar surface area (TPSA) is 41.8 Å². The van der Waals surface area contributed by atoms with Crippen molar-refractivity contribution in [2.24, 2.45) is 0 Å². The van der Waals surface area contributed by atoms with E-state index in [-0.39, 0.29) is 0 Å². The first kappa shape index (κ1) is 14.3. The Labute approximate surface area is 126 Å². The molecule has 2 aliphatic rings. The van der Waals surface area contributed by atoms with Gasteiger partial charge in [0.15, 0.2) is 0 Å². The van der Waals surface area contributed by atoms with Crippen molar-refractivity contribution in [1.29, 1.82) is 0 Å². The fourth-order valence-corrected chi connectivity index (χ4v) is 3.06. The summed E-state index contributed by atoms with van der Waals surface area (Å²) in [7, 11) is 0. The van der Waals surface area contributed by atoms with Crippen LogP contribution in [0, 0.1) is 6.57 Å². The number of ether oxygens (including phenoxy) is 1. The lowest BCUT2D eigenvalue weighted by molar-refractivity contribution is -0.0364. The summed E-state index contributed by atoms with van der Waals surface area (Å²) in [5, 5.41) is 3.37. The van der Waals surface area contributed by atoms with Crippen molar-refractivity contribution in [3.05, 3.63) is 29.7 Å². The number of anilines is 1. The van der Waals surface area contributed by atoms with Crippen LogP contribution in [0.5, 0.6) is 0 Å². The molecule has 0 atom stereocenters. The minimum Gasteiger partial charge on any atom is -0.375 e. The zero-order valence-corrected chi connectivity index (χ0v) is 12.3. The summed E-state index contributed by atoms with van der Waals surface area (Å²) in [6.07, 6.45) is 6.90. The van der Waals surface area contributed by atoms with Gasteiger partial charge >= 0.3 is 0 Å². The summed E-state index contributed by atoms with van der Waals surface area (Å²) in [6.45, 7) is 11.1. The van der Waals surface area contributed by atoms with Crippen molar-refractivity contribution in [3.8, 4) is 0 Å². The minimum atomic E-state index is 0.395. The second-order valence-corrected chi connectivity index (χ2v) is 5.76. The first-order chi connectivity index (χ1) is 10.3. The predicted octanol–water partition coefficient (Wildman–Crippen LogP) is 2.37. The summed E-state index contributed by atoms with van der Waals surface area (Å²) in [4.78, 5) is 10.0. The summed E-state index contributed by atoms with van der Waals surface area (Å²) in [5.74, 6) is 0.975. The largest absolute Gasteiger partial charge is 0.375 e. The Morgan fingerprint density at radius 3 is 2.48 bits per heavy atom. The molecule has 0 bridgehead atoms. The molecule has 3 rings (SSSR count). The zero-order valence-electron chi connectivity index (χ0n) is 12.3. The van der Waals surface area contributed by atoms with Gasteiger partial charge in [0.2, 0.25) is 5.69 Å². The van der Waals surface area contributed by atoms with Gasteiger partial charge in [-0.3, -0.25) is 4.98 Å². The maximum Gasteiger partial charge on any atom is 0.205 e. The van der Waals surface area contributed by atoms with Gasteiger partial charge in [-0.15, -0.1) is 0 Å². The second kappa shape index (κ2) is 6.88. The lowest BCUT2D eigenvalue weighted by atomic mass is 10.1. The molecule has 0 spiro atoms. The van der Waals surface area contributed by atoms with Crippen LogP contribution < -0.4 is 10.2 Å². The van der Waals surface area contributed by atoms with Gasteiger partial charge in [-0.1, -0.05) is 6.07 Å². The second-order valence-electron chi connectivity index (χ2n) is 5.76.